The van der Waals surface area contributed by atoms with Gasteiger partial charge in [-0.15, -0.1) is 0 Å². The van der Waals surface area contributed by atoms with Gasteiger partial charge in [-0.05, 0) is 31.2 Å². The van der Waals surface area contributed by atoms with E-state index < -0.39 is 0 Å². The van der Waals surface area contributed by atoms with E-state index in [4.69, 9.17) is 14.0 Å². The van der Waals surface area contributed by atoms with Crippen LogP contribution in [0.4, 0.5) is 4.79 Å². The number of likely N-dealkylation sites (tertiary alicyclic amines) is 1. The van der Waals surface area contributed by atoms with Crippen molar-refractivity contribution >= 4 is 6.09 Å². The molecule has 2 aromatic rings. The van der Waals surface area contributed by atoms with Gasteiger partial charge in [0.2, 0.25) is 0 Å². The molecular weight excluding hydrogens is 310 g/mol. The van der Waals surface area contributed by atoms with Crippen molar-refractivity contribution in [3.05, 3.63) is 41.7 Å². The lowest BCUT2D eigenvalue weighted by Crippen LogP contribution is -2.40. The Morgan fingerprint density at radius 2 is 2.04 bits per heavy atom. The summed E-state index contributed by atoms with van der Waals surface area (Å²) < 4.78 is 15.8. The molecule has 7 heteroatoms. The van der Waals surface area contributed by atoms with E-state index >= 15 is 0 Å². The second-order valence-electron chi connectivity index (χ2n) is 5.89. The van der Waals surface area contributed by atoms with Crippen molar-refractivity contribution in [1.82, 2.24) is 15.0 Å². The fraction of sp³-hybridized carbons (Fsp3) is 0.471. The molecule has 3 rings (SSSR count). The van der Waals surface area contributed by atoms with Gasteiger partial charge in [0, 0.05) is 13.1 Å². The number of aromatic nitrogens is 2. The summed E-state index contributed by atoms with van der Waals surface area (Å²) in [6.45, 7) is 3.92. The molecule has 0 radical (unpaired) electrons. The van der Waals surface area contributed by atoms with Crippen molar-refractivity contribution in [1.29, 1.82) is 0 Å². The summed E-state index contributed by atoms with van der Waals surface area (Å²) in [6.07, 6.45) is 1.68. The number of nitrogens with zero attached hydrogens (tertiary/aromatic N) is 3. The summed E-state index contributed by atoms with van der Waals surface area (Å²) in [5, 5.41) is 3.68. The highest BCUT2D eigenvalue weighted by atomic mass is 16.6. The number of rotatable bonds is 5. The average molecular weight is 331 g/mol. The van der Waals surface area contributed by atoms with Crippen LogP contribution in [0.5, 0.6) is 6.08 Å². The van der Waals surface area contributed by atoms with Gasteiger partial charge in [0.05, 0.1) is 6.61 Å². The molecule has 1 fully saturated rings. The standard InChI is InChI=1S/C17H21N3O4/c1-13-18-16(24-19-13)22-11-15-7-9-20(10-8-15)17(21)23-12-14-5-3-2-4-6-14/h2-6,15H,7-12H2,1H3. The normalized spacial score (nSPS) is 15.3. The van der Waals surface area contributed by atoms with Crippen LogP contribution in [-0.2, 0) is 11.3 Å². The molecule has 1 aliphatic rings. The Morgan fingerprint density at radius 1 is 1.29 bits per heavy atom. The molecule has 1 saturated heterocycles. The van der Waals surface area contributed by atoms with E-state index in [1.54, 1.807) is 11.8 Å². The number of ether oxygens (including phenoxy) is 2. The minimum Gasteiger partial charge on any atom is -0.449 e. The molecule has 24 heavy (non-hydrogen) atoms. The molecule has 0 saturated carbocycles. The van der Waals surface area contributed by atoms with Crippen molar-refractivity contribution in [2.24, 2.45) is 5.92 Å². The number of carbonyl (C=O) groups excluding carboxylic acids is 1. The molecule has 1 aromatic carbocycles. The van der Waals surface area contributed by atoms with Gasteiger partial charge in [-0.1, -0.05) is 35.5 Å². The van der Waals surface area contributed by atoms with Crippen LogP contribution in [0.2, 0.25) is 0 Å². The summed E-state index contributed by atoms with van der Waals surface area (Å²) in [5.74, 6) is 0.927. The van der Waals surface area contributed by atoms with E-state index in [0.717, 1.165) is 18.4 Å². The molecule has 1 aromatic heterocycles. The van der Waals surface area contributed by atoms with Gasteiger partial charge in [-0.3, -0.25) is 4.52 Å². The molecule has 2 heterocycles. The van der Waals surface area contributed by atoms with Crippen LogP contribution in [0, 0.1) is 12.8 Å². The highest BCUT2D eigenvalue weighted by molar-refractivity contribution is 5.67. The fourth-order valence-electron chi connectivity index (χ4n) is 2.62. The van der Waals surface area contributed by atoms with Gasteiger partial charge >= 0.3 is 12.2 Å². The Balaban J connectivity index is 1.37. The van der Waals surface area contributed by atoms with Gasteiger partial charge in [0.25, 0.3) is 0 Å². The highest BCUT2D eigenvalue weighted by Crippen LogP contribution is 2.19. The molecule has 0 N–H and O–H groups in total. The topological polar surface area (TPSA) is 77.7 Å². The Hall–Kier alpha value is -2.57. The number of hydrogen-bond acceptors (Lipinski definition) is 6. The summed E-state index contributed by atoms with van der Waals surface area (Å²) in [7, 11) is 0. The molecule has 1 aliphatic heterocycles. The van der Waals surface area contributed by atoms with Gasteiger partial charge in [0.1, 0.15) is 6.61 Å². The number of amides is 1. The Labute approximate surface area is 140 Å². The molecular formula is C17H21N3O4. The van der Waals surface area contributed by atoms with Crippen LogP contribution in [-0.4, -0.2) is 40.8 Å². The fourth-order valence-corrected chi connectivity index (χ4v) is 2.62. The molecule has 0 atom stereocenters. The Bertz CT molecular complexity index is 651. The number of benzene rings is 1. The van der Waals surface area contributed by atoms with E-state index in [-0.39, 0.29) is 12.2 Å². The minimum atomic E-state index is -0.259. The maximum atomic E-state index is 12.1. The van der Waals surface area contributed by atoms with Gasteiger partial charge < -0.3 is 14.4 Å². The van der Waals surface area contributed by atoms with Crippen LogP contribution < -0.4 is 4.74 Å². The molecule has 0 spiro atoms. The summed E-state index contributed by atoms with van der Waals surface area (Å²) in [4.78, 5) is 17.9. The Kier molecular flexibility index (Phi) is 5.30. The van der Waals surface area contributed by atoms with Crippen molar-refractivity contribution in [2.45, 2.75) is 26.4 Å². The van der Waals surface area contributed by atoms with E-state index in [2.05, 4.69) is 10.1 Å². The lowest BCUT2D eigenvalue weighted by atomic mass is 9.98. The third-order valence-corrected chi connectivity index (χ3v) is 4.03. The smallest absolute Gasteiger partial charge is 0.417 e. The van der Waals surface area contributed by atoms with Crippen LogP contribution in [0.25, 0.3) is 0 Å². The minimum absolute atomic E-state index is 0.206. The first-order chi connectivity index (χ1) is 11.7. The van der Waals surface area contributed by atoms with Crippen molar-refractivity contribution in [3.63, 3.8) is 0 Å². The molecule has 7 nitrogen and oxygen atoms in total. The van der Waals surface area contributed by atoms with Crippen LogP contribution in [0.1, 0.15) is 24.2 Å². The summed E-state index contributed by atoms with van der Waals surface area (Å²) in [5.41, 5.74) is 0.990. The SMILES string of the molecule is Cc1noc(OCC2CCN(C(=O)OCc3ccccc3)CC2)n1. The Morgan fingerprint density at radius 3 is 2.71 bits per heavy atom. The second-order valence-corrected chi connectivity index (χ2v) is 5.89. The van der Waals surface area contributed by atoms with Gasteiger partial charge in [0.15, 0.2) is 5.82 Å². The quantitative estimate of drug-likeness (QED) is 0.838. The number of aryl methyl sites for hydroxylation is 1. The van der Waals surface area contributed by atoms with E-state index in [1.807, 2.05) is 30.3 Å². The van der Waals surface area contributed by atoms with Crippen molar-refractivity contribution < 1.29 is 18.8 Å². The van der Waals surface area contributed by atoms with Crippen molar-refractivity contribution in [3.8, 4) is 6.08 Å². The third kappa shape index (κ3) is 4.47. The molecule has 1 amide bonds. The highest BCUT2D eigenvalue weighted by Gasteiger charge is 2.24. The summed E-state index contributed by atoms with van der Waals surface area (Å²) >= 11 is 0. The van der Waals surface area contributed by atoms with Crippen LogP contribution >= 0.6 is 0 Å². The van der Waals surface area contributed by atoms with Crippen LogP contribution in [0.3, 0.4) is 0 Å². The average Bonchev–Trinajstić information content (AvgIpc) is 3.04. The maximum absolute atomic E-state index is 12.1. The predicted molar refractivity (Wildman–Crippen MR) is 85.5 cm³/mol. The number of hydrogen-bond donors (Lipinski definition) is 0. The zero-order valence-corrected chi connectivity index (χ0v) is 13.7. The first-order valence-corrected chi connectivity index (χ1v) is 8.09. The lowest BCUT2D eigenvalue weighted by molar-refractivity contribution is 0.0721. The first kappa shape index (κ1) is 16.3. The zero-order chi connectivity index (χ0) is 16.8. The molecule has 0 unspecified atom stereocenters. The van der Waals surface area contributed by atoms with Crippen molar-refractivity contribution in [2.75, 3.05) is 19.7 Å². The summed E-state index contributed by atoms with van der Waals surface area (Å²) in [6, 6.07) is 9.68. The molecule has 0 bridgehead atoms. The monoisotopic (exact) mass is 331 g/mol. The first-order valence-electron chi connectivity index (χ1n) is 8.09. The maximum Gasteiger partial charge on any atom is 0.417 e. The lowest BCUT2D eigenvalue weighted by Gasteiger charge is -2.30. The molecule has 128 valence electrons. The number of carbonyl (C=O) groups is 1. The van der Waals surface area contributed by atoms with E-state index in [1.165, 1.54) is 0 Å². The third-order valence-electron chi connectivity index (χ3n) is 4.03. The van der Waals surface area contributed by atoms with Crippen LogP contribution in [0.15, 0.2) is 34.9 Å². The van der Waals surface area contributed by atoms with Gasteiger partial charge in [-0.2, -0.15) is 4.98 Å². The largest absolute Gasteiger partial charge is 0.449 e. The predicted octanol–water partition coefficient (Wildman–Crippen LogP) is 2.81. The van der Waals surface area contributed by atoms with Gasteiger partial charge in [-0.25, -0.2) is 4.79 Å². The number of piperidine rings is 1. The van der Waals surface area contributed by atoms with E-state index in [9.17, 15) is 4.79 Å². The zero-order valence-electron chi connectivity index (χ0n) is 13.7. The second kappa shape index (κ2) is 7.81. The molecule has 0 aliphatic carbocycles. The van der Waals surface area contributed by atoms with E-state index in [0.29, 0.717) is 38.0 Å².